The number of nitrogens with zero attached hydrogens (tertiary/aromatic N) is 2. The first-order valence-corrected chi connectivity index (χ1v) is 6.02. The summed E-state index contributed by atoms with van der Waals surface area (Å²) in [5.74, 6) is 1.47. The lowest BCUT2D eigenvalue weighted by atomic mass is 10.2. The number of aromatic nitrogens is 1. The molecule has 0 aliphatic carbocycles. The van der Waals surface area contributed by atoms with Gasteiger partial charge in [-0.15, -0.1) is 11.6 Å². The molecular formula is C12H17ClN2. The second-order valence-corrected chi connectivity index (χ2v) is 4.62. The number of rotatable bonds is 3. The summed E-state index contributed by atoms with van der Waals surface area (Å²) in [6.07, 6.45) is 1.23. The zero-order valence-electron chi connectivity index (χ0n) is 9.12. The Morgan fingerprint density at radius 1 is 1.53 bits per heavy atom. The van der Waals surface area contributed by atoms with Crippen LogP contribution in [0.1, 0.15) is 17.8 Å². The number of likely N-dealkylation sites (tertiary alicyclic amines) is 1. The van der Waals surface area contributed by atoms with Crippen LogP contribution in [0.25, 0.3) is 0 Å². The van der Waals surface area contributed by atoms with Gasteiger partial charge >= 0.3 is 0 Å². The number of aryl methyl sites for hydroxylation is 1. The predicted molar refractivity (Wildman–Crippen MR) is 63.1 cm³/mol. The third-order valence-corrected chi connectivity index (χ3v) is 3.36. The van der Waals surface area contributed by atoms with Crippen LogP contribution in [0.15, 0.2) is 18.2 Å². The molecule has 2 rings (SSSR count). The molecule has 1 aromatic rings. The summed E-state index contributed by atoms with van der Waals surface area (Å²) in [6.45, 7) is 5.29. The van der Waals surface area contributed by atoms with E-state index in [4.69, 9.17) is 11.6 Å². The van der Waals surface area contributed by atoms with Crippen molar-refractivity contribution in [3.8, 4) is 0 Å². The van der Waals surface area contributed by atoms with E-state index >= 15 is 0 Å². The molecule has 2 heterocycles. The normalized spacial score (nSPS) is 22.1. The lowest BCUT2D eigenvalue weighted by Crippen LogP contribution is -2.21. The van der Waals surface area contributed by atoms with Crippen LogP contribution in [0.4, 0.5) is 0 Å². The van der Waals surface area contributed by atoms with Crippen LogP contribution in [-0.2, 0) is 6.54 Å². The van der Waals surface area contributed by atoms with Crippen LogP contribution in [0.5, 0.6) is 0 Å². The van der Waals surface area contributed by atoms with Crippen molar-refractivity contribution in [3.63, 3.8) is 0 Å². The van der Waals surface area contributed by atoms with E-state index in [1.165, 1.54) is 12.1 Å². The minimum atomic E-state index is 0.677. The first-order chi connectivity index (χ1) is 7.28. The van der Waals surface area contributed by atoms with Crippen LogP contribution < -0.4 is 0 Å². The van der Waals surface area contributed by atoms with Gasteiger partial charge in [-0.25, -0.2) is 0 Å². The van der Waals surface area contributed by atoms with Crippen molar-refractivity contribution in [2.75, 3.05) is 19.0 Å². The molecule has 0 aromatic carbocycles. The van der Waals surface area contributed by atoms with E-state index in [1.54, 1.807) is 0 Å². The third kappa shape index (κ3) is 2.93. The van der Waals surface area contributed by atoms with Gasteiger partial charge in [-0.05, 0) is 37.9 Å². The predicted octanol–water partition coefficient (Wildman–Crippen LogP) is 2.45. The Kier molecular flexibility index (Phi) is 3.60. The Bertz CT molecular complexity index is 327. The van der Waals surface area contributed by atoms with Crippen molar-refractivity contribution in [1.82, 2.24) is 9.88 Å². The Morgan fingerprint density at radius 3 is 3.07 bits per heavy atom. The van der Waals surface area contributed by atoms with Gasteiger partial charge in [0.15, 0.2) is 0 Å². The molecule has 1 aliphatic heterocycles. The Morgan fingerprint density at radius 2 is 2.40 bits per heavy atom. The number of pyridine rings is 1. The lowest BCUT2D eigenvalue weighted by Gasteiger charge is -2.14. The number of alkyl halides is 1. The number of hydrogen-bond acceptors (Lipinski definition) is 2. The van der Waals surface area contributed by atoms with Crippen LogP contribution >= 0.6 is 11.6 Å². The standard InChI is InChI=1S/C12H17ClN2/c1-10-3-2-4-12(14-10)9-15-6-5-11(7-13)8-15/h2-4,11H,5-9H2,1H3. The van der Waals surface area contributed by atoms with Gasteiger partial charge in [0.05, 0.1) is 5.69 Å². The first-order valence-electron chi connectivity index (χ1n) is 5.49. The minimum Gasteiger partial charge on any atom is -0.297 e. The van der Waals surface area contributed by atoms with Crippen LogP contribution in [-0.4, -0.2) is 28.9 Å². The molecule has 0 bridgehead atoms. The zero-order chi connectivity index (χ0) is 10.7. The highest BCUT2D eigenvalue weighted by Crippen LogP contribution is 2.18. The monoisotopic (exact) mass is 224 g/mol. The maximum absolute atomic E-state index is 5.86. The topological polar surface area (TPSA) is 16.1 Å². The molecule has 0 spiro atoms. The third-order valence-electron chi connectivity index (χ3n) is 2.92. The summed E-state index contributed by atoms with van der Waals surface area (Å²) < 4.78 is 0. The molecule has 0 amide bonds. The lowest BCUT2D eigenvalue weighted by molar-refractivity contribution is 0.316. The van der Waals surface area contributed by atoms with Crippen molar-refractivity contribution in [2.24, 2.45) is 5.92 Å². The van der Waals surface area contributed by atoms with E-state index in [9.17, 15) is 0 Å². The summed E-state index contributed by atoms with van der Waals surface area (Å²) in [7, 11) is 0. The second kappa shape index (κ2) is 4.95. The molecule has 0 radical (unpaired) electrons. The second-order valence-electron chi connectivity index (χ2n) is 4.31. The van der Waals surface area contributed by atoms with Crippen molar-refractivity contribution in [3.05, 3.63) is 29.6 Å². The Hall–Kier alpha value is -0.600. The van der Waals surface area contributed by atoms with Gasteiger partial charge in [0.25, 0.3) is 0 Å². The molecule has 1 aliphatic rings. The highest BCUT2D eigenvalue weighted by Gasteiger charge is 2.21. The van der Waals surface area contributed by atoms with Gasteiger partial charge in [-0.1, -0.05) is 6.07 Å². The molecule has 2 nitrogen and oxygen atoms in total. The van der Waals surface area contributed by atoms with Crippen molar-refractivity contribution in [1.29, 1.82) is 0 Å². The fourth-order valence-electron chi connectivity index (χ4n) is 2.10. The van der Waals surface area contributed by atoms with E-state index in [2.05, 4.69) is 22.0 Å². The average molecular weight is 225 g/mol. The average Bonchev–Trinajstić information content (AvgIpc) is 2.65. The fraction of sp³-hybridized carbons (Fsp3) is 0.583. The van der Waals surface area contributed by atoms with Gasteiger partial charge in [-0.2, -0.15) is 0 Å². The molecule has 1 unspecified atom stereocenters. The summed E-state index contributed by atoms with van der Waals surface area (Å²) in [6, 6.07) is 6.21. The van der Waals surface area contributed by atoms with Gasteiger partial charge < -0.3 is 0 Å². The SMILES string of the molecule is Cc1cccc(CN2CCC(CCl)C2)n1. The number of halogens is 1. The van der Waals surface area contributed by atoms with Gasteiger partial charge in [0.2, 0.25) is 0 Å². The van der Waals surface area contributed by atoms with Crippen molar-refractivity contribution < 1.29 is 0 Å². The van der Waals surface area contributed by atoms with Crippen molar-refractivity contribution in [2.45, 2.75) is 19.9 Å². The summed E-state index contributed by atoms with van der Waals surface area (Å²) in [5.41, 5.74) is 2.27. The zero-order valence-corrected chi connectivity index (χ0v) is 9.87. The Labute approximate surface area is 96.3 Å². The quantitative estimate of drug-likeness (QED) is 0.734. The minimum absolute atomic E-state index is 0.677. The summed E-state index contributed by atoms with van der Waals surface area (Å²) in [5, 5.41) is 0. The molecule has 82 valence electrons. The maximum Gasteiger partial charge on any atom is 0.0547 e. The smallest absolute Gasteiger partial charge is 0.0547 e. The molecule has 15 heavy (non-hydrogen) atoms. The van der Waals surface area contributed by atoms with E-state index in [0.717, 1.165) is 31.2 Å². The van der Waals surface area contributed by atoms with E-state index in [0.29, 0.717) is 5.92 Å². The van der Waals surface area contributed by atoms with Gasteiger partial charge in [-0.3, -0.25) is 9.88 Å². The van der Waals surface area contributed by atoms with E-state index in [1.807, 2.05) is 13.0 Å². The number of hydrogen-bond donors (Lipinski definition) is 0. The highest BCUT2D eigenvalue weighted by atomic mass is 35.5. The first kappa shape index (κ1) is 10.9. The fourth-order valence-corrected chi connectivity index (χ4v) is 2.35. The molecule has 1 atom stereocenters. The maximum atomic E-state index is 5.86. The van der Waals surface area contributed by atoms with Crippen LogP contribution in [0.3, 0.4) is 0 Å². The molecule has 1 aromatic heterocycles. The molecule has 3 heteroatoms. The molecule has 1 fully saturated rings. The van der Waals surface area contributed by atoms with E-state index in [-0.39, 0.29) is 0 Å². The van der Waals surface area contributed by atoms with Crippen LogP contribution in [0.2, 0.25) is 0 Å². The van der Waals surface area contributed by atoms with Gasteiger partial charge in [0.1, 0.15) is 0 Å². The van der Waals surface area contributed by atoms with Crippen LogP contribution in [0, 0.1) is 12.8 Å². The molecule has 0 N–H and O–H groups in total. The van der Waals surface area contributed by atoms with E-state index < -0.39 is 0 Å². The molecular weight excluding hydrogens is 208 g/mol. The molecule has 1 saturated heterocycles. The molecule has 0 saturated carbocycles. The van der Waals surface area contributed by atoms with Gasteiger partial charge in [0, 0.05) is 24.7 Å². The largest absolute Gasteiger partial charge is 0.297 e. The summed E-state index contributed by atoms with van der Waals surface area (Å²) in [4.78, 5) is 6.95. The summed E-state index contributed by atoms with van der Waals surface area (Å²) >= 11 is 5.86. The highest BCUT2D eigenvalue weighted by molar-refractivity contribution is 6.18. The Balaban J connectivity index is 1.92. The van der Waals surface area contributed by atoms with Crippen molar-refractivity contribution >= 4 is 11.6 Å².